The minimum atomic E-state index is -0.120. The van der Waals surface area contributed by atoms with Gasteiger partial charge in [0.15, 0.2) is 0 Å². The van der Waals surface area contributed by atoms with Crippen LogP contribution in [0.15, 0.2) is 66.7 Å². The van der Waals surface area contributed by atoms with Crippen molar-refractivity contribution < 1.29 is 4.79 Å². The molecule has 1 spiro atoms. The Hall–Kier alpha value is -3.46. The molecule has 0 radical (unpaired) electrons. The molecule has 6 rings (SSSR count). The molecule has 0 bridgehead atoms. The van der Waals surface area contributed by atoms with Gasteiger partial charge in [-0.3, -0.25) is 9.69 Å². The normalized spacial score (nSPS) is 19.1. The number of hydrogen-bond donors (Lipinski definition) is 1. The van der Waals surface area contributed by atoms with Crippen molar-refractivity contribution in [3.8, 4) is 17.2 Å². The fourth-order valence-corrected chi connectivity index (χ4v) is 6.53. The molecule has 0 aromatic heterocycles. The van der Waals surface area contributed by atoms with Crippen LogP contribution in [0, 0.1) is 24.2 Å². The molecule has 5 heteroatoms. The summed E-state index contributed by atoms with van der Waals surface area (Å²) in [5.41, 5.74) is 7.59. The van der Waals surface area contributed by atoms with Crippen molar-refractivity contribution in [1.29, 1.82) is 5.26 Å². The molecule has 3 aromatic carbocycles. The number of carbonyl (C=O) groups excluding carboxylic acids is 1. The first-order valence-electron chi connectivity index (χ1n) is 14.0. The van der Waals surface area contributed by atoms with Gasteiger partial charge >= 0.3 is 0 Å². The molecule has 194 valence electrons. The summed E-state index contributed by atoms with van der Waals surface area (Å²) in [7, 11) is 0. The average molecular weight is 505 g/mol. The summed E-state index contributed by atoms with van der Waals surface area (Å²) >= 11 is 0. The number of nitrogens with one attached hydrogen (secondary N) is 1. The molecule has 3 aromatic rings. The maximum Gasteiger partial charge on any atom is 0.238 e. The first-order valence-corrected chi connectivity index (χ1v) is 14.0. The van der Waals surface area contributed by atoms with E-state index in [1.54, 1.807) is 0 Å². The molecular weight excluding hydrogens is 468 g/mol. The van der Waals surface area contributed by atoms with Gasteiger partial charge in [-0.15, -0.1) is 0 Å². The van der Waals surface area contributed by atoms with Crippen molar-refractivity contribution in [2.24, 2.45) is 5.92 Å². The fourth-order valence-electron chi connectivity index (χ4n) is 6.53. The molecule has 1 amide bonds. The van der Waals surface area contributed by atoms with Crippen LogP contribution in [0.2, 0.25) is 0 Å². The van der Waals surface area contributed by atoms with Crippen LogP contribution >= 0.6 is 0 Å². The van der Waals surface area contributed by atoms with Gasteiger partial charge in [0.25, 0.3) is 0 Å². The Kier molecular flexibility index (Phi) is 6.78. The van der Waals surface area contributed by atoms with Crippen molar-refractivity contribution in [3.05, 3.63) is 89.0 Å². The van der Waals surface area contributed by atoms with E-state index in [2.05, 4.69) is 45.5 Å². The van der Waals surface area contributed by atoms with E-state index < -0.39 is 0 Å². The Morgan fingerprint density at radius 3 is 2.55 bits per heavy atom. The van der Waals surface area contributed by atoms with Crippen LogP contribution in [-0.4, -0.2) is 48.4 Å². The van der Waals surface area contributed by atoms with Gasteiger partial charge in [0.2, 0.25) is 5.91 Å². The van der Waals surface area contributed by atoms with E-state index in [-0.39, 0.29) is 11.4 Å². The highest BCUT2D eigenvalue weighted by Gasteiger charge is 2.45. The number of nitriles is 1. The third kappa shape index (κ3) is 5.12. The topological polar surface area (TPSA) is 59.4 Å². The number of likely N-dealkylation sites (tertiary alicyclic amines) is 1. The zero-order valence-electron chi connectivity index (χ0n) is 22.2. The summed E-state index contributed by atoms with van der Waals surface area (Å²) in [6, 6.07) is 25.0. The predicted octanol–water partition coefficient (Wildman–Crippen LogP) is 5.73. The maximum absolute atomic E-state index is 13.3. The highest BCUT2D eigenvalue weighted by molar-refractivity contribution is 5.92. The second-order valence-corrected chi connectivity index (χ2v) is 11.4. The van der Waals surface area contributed by atoms with Gasteiger partial charge in [-0.1, -0.05) is 42.5 Å². The Morgan fingerprint density at radius 1 is 1.00 bits per heavy atom. The van der Waals surface area contributed by atoms with Gasteiger partial charge in [0, 0.05) is 37.4 Å². The minimum absolute atomic E-state index is 0.0590. The first-order chi connectivity index (χ1) is 18.5. The number of anilines is 1. The van der Waals surface area contributed by atoms with E-state index in [4.69, 9.17) is 0 Å². The lowest BCUT2D eigenvalue weighted by Crippen LogP contribution is -2.58. The van der Waals surface area contributed by atoms with Gasteiger partial charge < -0.3 is 10.2 Å². The van der Waals surface area contributed by atoms with Crippen LogP contribution in [0.1, 0.15) is 47.9 Å². The number of piperidine rings is 1. The molecule has 1 saturated heterocycles. The van der Waals surface area contributed by atoms with E-state index >= 15 is 0 Å². The lowest BCUT2D eigenvalue weighted by Gasteiger charge is -2.52. The Labute approximate surface area is 226 Å². The SMILES string of the molecule is Cc1cccc(NC(=O)CN2CCc3cc(-c4cccc(C#N)c4)ccc3C23CCN(CC2CC2)CC3)c1. The van der Waals surface area contributed by atoms with Crippen LogP contribution in [-0.2, 0) is 16.8 Å². The number of nitrogens with zero attached hydrogens (tertiary/aromatic N) is 3. The number of rotatable bonds is 6. The molecule has 2 heterocycles. The standard InChI is InChI=1S/C33H36N4O/c1-24-4-2-7-30(18-24)35-32(38)23-37-15-12-29-20-28(27-6-3-5-26(19-27)21-34)10-11-31(29)33(37)13-16-36(17-14-33)22-25-8-9-25/h2-7,10-11,18-20,25H,8-9,12-17,22-23H2,1H3,(H,35,38). The minimum Gasteiger partial charge on any atom is -0.325 e. The number of benzene rings is 3. The molecular formula is C33H36N4O. The zero-order valence-corrected chi connectivity index (χ0v) is 22.2. The summed E-state index contributed by atoms with van der Waals surface area (Å²) in [5, 5.41) is 12.5. The molecule has 0 atom stereocenters. The summed E-state index contributed by atoms with van der Waals surface area (Å²) in [4.78, 5) is 18.4. The van der Waals surface area contributed by atoms with E-state index in [1.165, 1.54) is 30.5 Å². The number of amides is 1. The molecule has 38 heavy (non-hydrogen) atoms. The number of fused-ring (bicyclic) bond motifs is 2. The Bertz CT molecular complexity index is 1380. The highest BCUT2D eigenvalue weighted by Crippen LogP contribution is 2.45. The quantitative estimate of drug-likeness (QED) is 0.466. The van der Waals surface area contributed by atoms with Gasteiger partial charge in [0.1, 0.15) is 0 Å². The smallest absolute Gasteiger partial charge is 0.238 e. The van der Waals surface area contributed by atoms with Gasteiger partial charge in [-0.25, -0.2) is 0 Å². The van der Waals surface area contributed by atoms with Crippen LogP contribution in [0.3, 0.4) is 0 Å². The first kappa shape index (κ1) is 24.9. The molecule has 5 nitrogen and oxygen atoms in total. The highest BCUT2D eigenvalue weighted by atomic mass is 16.2. The van der Waals surface area contributed by atoms with Crippen molar-refractivity contribution in [1.82, 2.24) is 9.80 Å². The van der Waals surface area contributed by atoms with Crippen molar-refractivity contribution in [2.45, 2.75) is 44.6 Å². The molecule has 2 fully saturated rings. The van der Waals surface area contributed by atoms with Crippen molar-refractivity contribution in [2.75, 3.05) is 38.0 Å². The van der Waals surface area contributed by atoms with Gasteiger partial charge in [0.05, 0.1) is 18.2 Å². The summed E-state index contributed by atoms with van der Waals surface area (Å²) in [6.07, 6.45) is 5.78. The largest absolute Gasteiger partial charge is 0.325 e. The molecule has 2 aliphatic heterocycles. The molecule has 1 N–H and O–H groups in total. The van der Waals surface area contributed by atoms with Crippen LogP contribution in [0.5, 0.6) is 0 Å². The Balaban J connectivity index is 1.28. The van der Waals surface area contributed by atoms with Gasteiger partial charge in [-0.2, -0.15) is 5.26 Å². The molecule has 1 aliphatic carbocycles. The molecule has 1 saturated carbocycles. The van der Waals surface area contributed by atoms with Crippen molar-refractivity contribution >= 4 is 11.6 Å². The third-order valence-corrected chi connectivity index (χ3v) is 8.72. The summed E-state index contributed by atoms with van der Waals surface area (Å²) < 4.78 is 0. The van der Waals surface area contributed by atoms with Crippen molar-refractivity contribution in [3.63, 3.8) is 0 Å². The Morgan fingerprint density at radius 2 is 1.79 bits per heavy atom. The number of carbonyl (C=O) groups is 1. The lowest BCUT2D eigenvalue weighted by atomic mass is 9.73. The molecule has 0 unspecified atom stereocenters. The van der Waals surface area contributed by atoms with E-state index in [1.807, 2.05) is 49.4 Å². The number of hydrogen-bond acceptors (Lipinski definition) is 4. The predicted molar refractivity (Wildman–Crippen MR) is 152 cm³/mol. The second kappa shape index (κ2) is 10.4. The average Bonchev–Trinajstić information content (AvgIpc) is 3.75. The van der Waals surface area contributed by atoms with E-state index in [0.29, 0.717) is 12.1 Å². The van der Waals surface area contributed by atoms with Crippen LogP contribution in [0.4, 0.5) is 5.69 Å². The van der Waals surface area contributed by atoms with Gasteiger partial charge in [-0.05, 0) is 97.0 Å². The summed E-state index contributed by atoms with van der Waals surface area (Å²) in [6.45, 7) is 6.72. The van der Waals surface area contributed by atoms with E-state index in [0.717, 1.165) is 67.2 Å². The van der Waals surface area contributed by atoms with E-state index in [9.17, 15) is 10.1 Å². The fraction of sp³-hybridized carbons (Fsp3) is 0.394. The zero-order chi connectivity index (χ0) is 26.1. The maximum atomic E-state index is 13.3. The monoisotopic (exact) mass is 504 g/mol. The second-order valence-electron chi connectivity index (χ2n) is 11.4. The molecule has 3 aliphatic rings. The van der Waals surface area contributed by atoms with Crippen LogP contribution < -0.4 is 5.32 Å². The summed E-state index contributed by atoms with van der Waals surface area (Å²) in [5.74, 6) is 0.953. The third-order valence-electron chi connectivity index (χ3n) is 8.72. The van der Waals surface area contributed by atoms with Crippen LogP contribution in [0.25, 0.3) is 11.1 Å². The number of aryl methyl sites for hydroxylation is 1. The lowest BCUT2D eigenvalue weighted by molar-refractivity contribution is -0.120.